The Kier molecular flexibility index (Phi) is 6.82. The van der Waals surface area contributed by atoms with Gasteiger partial charge in [0.2, 0.25) is 0 Å². The van der Waals surface area contributed by atoms with Gasteiger partial charge in [-0.3, -0.25) is 14.5 Å². The zero-order chi connectivity index (χ0) is 19.2. The van der Waals surface area contributed by atoms with Crippen LogP contribution >= 0.6 is 0 Å². The average Bonchev–Trinajstić information content (AvgIpc) is 3.13. The van der Waals surface area contributed by atoms with Gasteiger partial charge >= 0.3 is 0 Å². The van der Waals surface area contributed by atoms with Gasteiger partial charge in [-0.05, 0) is 19.4 Å². The SMILES string of the molecule is CCn1cc(CN2CCN(Cc3ccc(OC)cc3F)[C@@H](CCO)C2)cn1. The van der Waals surface area contributed by atoms with Crippen molar-refractivity contribution >= 4 is 0 Å². The molecule has 0 aliphatic carbocycles. The number of methoxy groups -OCH3 is 1. The van der Waals surface area contributed by atoms with Crippen LogP contribution in [0.2, 0.25) is 0 Å². The minimum atomic E-state index is -0.244. The molecule has 1 saturated heterocycles. The van der Waals surface area contributed by atoms with E-state index in [0.29, 0.717) is 24.3 Å². The summed E-state index contributed by atoms with van der Waals surface area (Å²) in [6.45, 7) is 7.09. The maximum Gasteiger partial charge on any atom is 0.131 e. The van der Waals surface area contributed by atoms with E-state index in [1.165, 1.54) is 18.7 Å². The summed E-state index contributed by atoms with van der Waals surface area (Å²) in [7, 11) is 1.54. The highest BCUT2D eigenvalue weighted by Gasteiger charge is 2.27. The molecule has 148 valence electrons. The zero-order valence-corrected chi connectivity index (χ0v) is 16.1. The molecule has 0 saturated carbocycles. The fourth-order valence-electron chi connectivity index (χ4n) is 3.65. The molecule has 1 atom stereocenters. The standard InChI is InChI=1S/C20H29FN4O2/c1-3-25-13-16(11-22-25)12-23-7-8-24(18(15-23)6-9-26)14-17-4-5-19(27-2)10-20(17)21/h4-5,10-11,13,18,26H,3,6-9,12,14-15H2,1-2H3/t18-/m0/s1. The van der Waals surface area contributed by atoms with E-state index in [0.717, 1.165) is 32.7 Å². The molecule has 0 bridgehead atoms. The van der Waals surface area contributed by atoms with Crippen LogP contribution in [0.3, 0.4) is 0 Å². The molecule has 1 aliphatic rings. The maximum absolute atomic E-state index is 14.3. The number of halogens is 1. The van der Waals surface area contributed by atoms with E-state index in [1.807, 2.05) is 10.9 Å². The van der Waals surface area contributed by atoms with Crippen molar-refractivity contribution in [1.29, 1.82) is 0 Å². The van der Waals surface area contributed by atoms with E-state index < -0.39 is 0 Å². The Morgan fingerprint density at radius 2 is 2.15 bits per heavy atom. The normalized spacial score (nSPS) is 18.7. The summed E-state index contributed by atoms with van der Waals surface area (Å²) < 4.78 is 21.3. The van der Waals surface area contributed by atoms with Crippen molar-refractivity contribution in [3.63, 3.8) is 0 Å². The monoisotopic (exact) mass is 376 g/mol. The largest absolute Gasteiger partial charge is 0.497 e. The maximum atomic E-state index is 14.3. The number of piperazine rings is 1. The van der Waals surface area contributed by atoms with Gasteiger partial charge in [-0.15, -0.1) is 0 Å². The van der Waals surface area contributed by atoms with Crippen LogP contribution in [0.4, 0.5) is 4.39 Å². The third-order valence-corrected chi connectivity index (χ3v) is 5.20. The van der Waals surface area contributed by atoms with Gasteiger partial charge < -0.3 is 9.84 Å². The Hall–Kier alpha value is -1.96. The number of aliphatic hydroxyl groups is 1. The lowest BCUT2D eigenvalue weighted by atomic mass is 10.1. The fraction of sp³-hybridized carbons (Fsp3) is 0.550. The zero-order valence-electron chi connectivity index (χ0n) is 16.1. The Balaban J connectivity index is 1.63. The number of benzene rings is 1. The summed E-state index contributed by atoms with van der Waals surface area (Å²) in [4.78, 5) is 4.66. The van der Waals surface area contributed by atoms with Crippen molar-refractivity contribution in [3.05, 3.63) is 47.5 Å². The van der Waals surface area contributed by atoms with Crippen LogP contribution in [0.15, 0.2) is 30.6 Å². The molecule has 1 fully saturated rings. The van der Waals surface area contributed by atoms with Crippen LogP contribution in [-0.4, -0.2) is 64.1 Å². The number of aromatic nitrogens is 2. The number of aryl methyl sites for hydroxylation is 1. The second-order valence-electron chi connectivity index (χ2n) is 7.03. The summed E-state index contributed by atoms with van der Waals surface area (Å²) in [5, 5.41) is 13.8. The van der Waals surface area contributed by atoms with Crippen molar-refractivity contribution < 1.29 is 14.2 Å². The lowest BCUT2D eigenvalue weighted by Gasteiger charge is -2.41. The molecule has 0 unspecified atom stereocenters. The molecule has 1 aromatic carbocycles. The molecule has 3 rings (SSSR count). The molecule has 0 radical (unpaired) electrons. The third-order valence-electron chi connectivity index (χ3n) is 5.20. The predicted octanol–water partition coefficient (Wildman–Crippen LogP) is 2.12. The molecule has 6 nitrogen and oxygen atoms in total. The number of rotatable bonds is 8. The second-order valence-corrected chi connectivity index (χ2v) is 7.03. The Morgan fingerprint density at radius 3 is 2.81 bits per heavy atom. The van der Waals surface area contributed by atoms with Gasteiger partial charge in [0, 0.05) is 75.3 Å². The Bertz CT molecular complexity index is 737. The fourth-order valence-corrected chi connectivity index (χ4v) is 3.65. The van der Waals surface area contributed by atoms with Crippen molar-refractivity contribution in [3.8, 4) is 5.75 Å². The lowest BCUT2D eigenvalue weighted by Crippen LogP contribution is -2.52. The quantitative estimate of drug-likeness (QED) is 0.765. The first kappa shape index (κ1) is 19.8. The molecule has 27 heavy (non-hydrogen) atoms. The van der Waals surface area contributed by atoms with E-state index >= 15 is 0 Å². The molecule has 2 aromatic rings. The highest BCUT2D eigenvalue weighted by molar-refractivity contribution is 5.29. The van der Waals surface area contributed by atoms with Crippen molar-refractivity contribution in [1.82, 2.24) is 19.6 Å². The molecular formula is C20H29FN4O2. The van der Waals surface area contributed by atoms with E-state index in [-0.39, 0.29) is 18.5 Å². The number of ether oxygens (including phenoxy) is 1. The summed E-state index contributed by atoms with van der Waals surface area (Å²) >= 11 is 0. The van der Waals surface area contributed by atoms with Crippen molar-refractivity contribution in [2.45, 2.75) is 39.0 Å². The molecule has 1 aliphatic heterocycles. The number of nitrogens with zero attached hydrogens (tertiary/aromatic N) is 4. The minimum Gasteiger partial charge on any atom is -0.497 e. The van der Waals surface area contributed by atoms with Crippen molar-refractivity contribution in [2.75, 3.05) is 33.4 Å². The highest BCUT2D eigenvalue weighted by Crippen LogP contribution is 2.22. The van der Waals surface area contributed by atoms with Crippen LogP contribution in [0.25, 0.3) is 0 Å². The Labute approximate surface area is 160 Å². The van der Waals surface area contributed by atoms with Crippen LogP contribution in [0, 0.1) is 5.82 Å². The predicted molar refractivity (Wildman–Crippen MR) is 102 cm³/mol. The highest BCUT2D eigenvalue weighted by atomic mass is 19.1. The van der Waals surface area contributed by atoms with E-state index in [9.17, 15) is 9.50 Å². The average molecular weight is 376 g/mol. The van der Waals surface area contributed by atoms with Crippen LogP contribution in [-0.2, 0) is 19.6 Å². The molecule has 1 N–H and O–H groups in total. The summed E-state index contributed by atoms with van der Waals surface area (Å²) in [5.41, 5.74) is 1.87. The number of hydrogen-bond donors (Lipinski definition) is 1. The smallest absolute Gasteiger partial charge is 0.131 e. The molecule has 0 amide bonds. The van der Waals surface area contributed by atoms with Crippen molar-refractivity contribution in [2.24, 2.45) is 0 Å². The van der Waals surface area contributed by atoms with Crippen LogP contribution in [0.5, 0.6) is 5.75 Å². The molecule has 2 heterocycles. The van der Waals surface area contributed by atoms with Gasteiger partial charge in [-0.2, -0.15) is 5.10 Å². The first-order valence-corrected chi connectivity index (χ1v) is 9.54. The van der Waals surface area contributed by atoms with E-state index in [2.05, 4.69) is 28.0 Å². The van der Waals surface area contributed by atoms with E-state index in [1.54, 1.807) is 12.1 Å². The topological polar surface area (TPSA) is 53.8 Å². The van der Waals surface area contributed by atoms with Crippen LogP contribution < -0.4 is 4.74 Å². The summed E-state index contributed by atoms with van der Waals surface area (Å²) in [6.07, 6.45) is 4.69. The molecular weight excluding hydrogens is 347 g/mol. The van der Waals surface area contributed by atoms with Crippen LogP contribution in [0.1, 0.15) is 24.5 Å². The van der Waals surface area contributed by atoms with E-state index in [4.69, 9.17) is 4.74 Å². The first-order chi connectivity index (χ1) is 13.1. The summed E-state index contributed by atoms with van der Waals surface area (Å²) in [6, 6.07) is 5.21. The second kappa shape index (κ2) is 9.30. The first-order valence-electron chi connectivity index (χ1n) is 9.54. The minimum absolute atomic E-state index is 0.133. The number of hydrogen-bond acceptors (Lipinski definition) is 5. The summed E-state index contributed by atoms with van der Waals surface area (Å²) in [5.74, 6) is 0.284. The van der Waals surface area contributed by atoms with Gasteiger partial charge in [0.05, 0.1) is 13.3 Å². The molecule has 0 spiro atoms. The molecule has 1 aromatic heterocycles. The lowest BCUT2D eigenvalue weighted by molar-refractivity contribution is 0.0493. The van der Waals surface area contributed by atoms with Gasteiger partial charge in [0.15, 0.2) is 0 Å². The van der Waals surface area contributed by atoms with Gasteiger partial charge in [0.1, 0.15) is 11.6 Å². The van der Waals surface area contributed by atoms with Gasteiger partial charge in [-0.25, -0.2) is 4.39 Å². The van der Waals surface area contributed by atoms with Gasteiger partial charge in [-0.1, -0.05) is 6.07 Å². The third kappa shape index (κ3) is 5.06. The Morgan fingerprint density at radius 1 is 1.30 bits per heavy atom. The van der Waals surface area contributed by atoms with Gasteiger partial charge in [0.25, 0.3) is 0 Å². The molecule has 7 heteroatoms. The number of aliphatic hydroxyl groups excluding tert-OH is 1.